The number of aromatic nitrogens is 1. The lowest BCUT2D eigenvalue weighted by molar-refractivity contribution is 0.102. The first-order valence-electron chi connectivity index (χ1n) is 5.37. The molecule has 6 heteroatoms. The number of hydrogen-bond donors (Lipinski definition) is 1. The molecule has 0 aliphatic rings. The van der Waals surface area contributed by atoms with E-state index in [1.165, 1.54) is 13.2 Å². The van der Waals surface area contributed by atoms with Gasteiger partial charge in [-0.15, -0.1) is 0 Å². The highest BCUT2D eigenvalue weighted by molar-refractivity contribution is 9.10. The minimum Gasteiger partial charge on any atom is -0.496 e. The van der Waals surface area contributed by atoms with E-state index in [-0.39, 0.29) is 11.7 Å². The average Bonchev–Trinajstić information content (AvgIpc) is 2.41. The minimum atomic E-state index is -0.484. The summed E-state index contributed by atoms with van der Waals surface area (Å²) in [4.78, 5) is 15.9. The molecule has 0 aliphatic carbocycles. The van der Waals surface area contributed by atoms with Gasteiger partial charge < -0.3 is 10.1 Å². The van der Waals surface area contributed by atoms with E-state index >= 15 is 0 Å². The number of benzene rings is 1. The molecule has 0 spiro atoms. The Morgan fingerprint density at radius 2 is 2.16 bits per heavy atom. The summed E-state index contributed by atoms with van der Waals surface area (Å²) in [5.41, 5.74) is 0.378. The second-order valence-corrected chi connectivity index (χ2v) is 4.49. The van der Waals surface area contributed by atoms with Gasteiger partial charge in [-0.05, 0) is 34.1 Å². The van der Waals surface area contributed by atoms with Gasteiger partial charge in [-0.1, -0.05) is 12.1 Å². The molecule has 1 amide bonds. The fourth-order valence-electron chi connectivity index (χ4n) is 1.51. The summed E-state index contributed by atoms with van der Waals surface area (Å²) in [6.45, 7) is 0. The van der Waals surface area contributed by atoms with Gasteiger partial charge >= 0.3 is 0 Å². The lowest BCUT2D eigenvalue weighted by Gasteiger charge is -2.09. The fraction of sp³-hybridized carbons (Fsp3) is 0.0769. The van der Waals surface area contributed by atoms with Crippen LogP contribution < -0.4 is 10.1 Å². The van der Waals surface area contributed by atoms with Crippen LogP contribution in [0.1, 0.15) is 10.4 Å². The molecule has 1 N–H and O–H groups in total. The lowest BCUT2D eigenvalue weighted by atomic mass is 10.2. The Hall–Kier alpha value is -1.95. The van der Waals surface area contributed by atoms with Crippen LogP contribution in [0, 0.1) is 5.82 Å². The van der Waals surface area contributed by atoms with E-state index in [0.717, 1.165) is 6.20 Å². The number of hydrogen-bond acceptors (Lipinski definition) is 3. The Morgan fingerprint density at radius 1 is 1.42 bits per heavy atom. The lowest BCUT2D eigenvalue weighted by Crippen LogP contribution is -2.14. The third-order valence-corrected chi connectivity index (χ3v) is 3.00. The molecule has 2 rings (SSSR count). The molecular weight excluding hydrogens is 315 g/mol. The third-order valence-electron chi connectivity index (χ3n) is 2.39. The zero-order valence-corrected chi connectivity index (χ0v) is 11.6. The SMILES string of the molecule is COc1ccccc1C(=O)Nc1ncc(F)cc1Br. The molecule has 0 aliphatic heterocycles. The van der Waals surface area contributed by atoms with Crippen LogP contribution in [0.2, 0.25) is 0 Å². The standard InChI is InChI=1S/C13H10BrFN2O2/c1-19-11-5-3-2-4-9(11)13(18)17-12-10(14)6-8(15)7-16-12/h2-7H,1H3,(H,16,17,18). The summed E-state index contributed by atoms with van der Waals surface area (Å²) in [5, 5.41) is 2.58. The van der Waals surface area contributed by atoms with Crippen molar-refractivity contribution in [3.8, 4) is 5.75 Å². The first-order chi connectivity index (χ1) is 9.11. The summed E-state index contributed by atoms with van der Waals surface area (Å²) < 4.78 is 18.4. The molecule has 0 atom stereocenters. The van der Waals surface area contributed by atoms with Crippen LogP contribution in [-0.2, 0) is 0 Å². The van der Waals surface area contributed by atoms with Crippen molar-refractivity contribution in [1.29, 1.82) is 0 Å². The van der Waals surface area contributed by atoms with Gasteiger partial charge in [-0.25, -0.2) is 9.37 Å². The number of nitrogens with zero attached hydrogens (tertiary/aromatic N) is 1. The predicted octanol–water partition coefficient (Wildman–Crippen LogP) is 3.24. The molecule has 19 heavy (non-hydrogen) atoms. The van der Waals surface area contributed by atoms with Gasteiger partial charge in [0.25, 0.3) is 5.91 Å². The van der Waals surface area contributed by atoms with E-state index < -0.39 is 5.82 Å². The van der Waals surface area contributed by atoms with Gasteiger partial charge in [0.15, 0.2) is 0 Å². The molecule has 0 unspecified atom stereocenters. The maximum atomic E-state index is 12.9. The van der Waals surface area contributed by atoms with Crippen molar-refractivity contribution in [2.24, 2.45) is 0 Å². The Bertz CT molecular complexity index is 619. The maximum Gasteiger partial charge on any atom is 0.260 e. The van der Waals surface area contributed by atoms with Crippen molar-refractivity contribution in [3.63, 3.8) is 0 Å². The molecular formula is C13H10BrFN2O2. The first kappa shape index (κ1) is 13.5. The van der Waals surface area contributed by atoms with Crippen LogP contribution in [0.3, 0.4) is 0 Å². The Balaban J connectivity index is 2.26. The Morgan fingerprint density at radius 3 is 2.84 bits per heavy atom. The molecule has 0 fully saturated rings. The highest BCUT2D eigenvalue weighted by Crippen LogP contribution is 2.23. The van der Waals surface area contributed by atoms with Crippen molar-refractivity contribution in [1.82, 2.24) is 4.98 Å². The van der Waals surface area contributed by atoms with Gasteiger partial charge in [0.2, 0.25) is 0 Å². The van der Waals surface area contributed by atoms with E-state index in [1.54, 1.807) is 24.3 Å². The summed E-state index contributed by atoms with van der Waals surface area (Å²) in [5.74, 6) is -0.157. The van der Waals surface area contributed by atoms with Crippen LogP contribution in [0.25, 0.3) is 0 Å². The molecule has 0 bridgehead atoms. The minimum absolute atomic E-state index is 0.248. The monoisotopic (exact) mass is 324 g/mol. The van der Waals surface area contributed by atoms with Crippen molar-refractivity contribution in [2.45, 2.75) is 0 Å². The number of pyridine rings is 1. The zero-order chi connectivity index (χ0) is 13.8. The summed E-state index contributed by atoms with van der Waals surface area (Å²) in [7, 11) is 1.48. The molecule has 4 nitrogen and oxygen atoms in total. The number of para-hydroxylation sites is 1. The molecule has 0 saturated heterocycles. The number of ether oxygens (including phenoxy) is 1. The van der Waals surface area contributed by atoms with Crippen molar-refractivity contribution in [3.05, 3.63) is 52.4 Å². The largest absolute Gasteiger partial charge is 0.496 e. The molecule has 0 radical (unpaired) electrons. The third kappa shape index (κ3) is 3.08. The van der Waals surface area contributed by atoms with E-state index in [4.69, 9.17) is 4.74 Å². The second kappa shape index (κ2) is 5.79. The van der Waals surface area contributed by atoms with Gasteiger partial charge in [-0.2, -0.15) is 0 Å². The van der Waals surface area contributed by atoms with Crippen LogP contribution >= 0.6 is 15.9 Å². The predicted molar refractivity (Wildman–Crippen MR) is 72.8 cm³/mol. The highest BCUT2D eigenvalue weighted by atomic mass is 79.9. The van der Waals surface area contributed by atoms with Gasteiger partial charge in [0, 0.05) is 0 Å². The number of methoxy groups -OCH3 is 1. The van der Waals surface area contributed by atoms with Gasteiger partial charge in [0.1, 0.15) is 17.4 Å². The summed E-state index contributed by atoms with van der Waals surface area (Å²) in [6.07, 6.45) is 1.03. The molecule has 1 heterocycles. The first-order valence-corrected chi connectivity index (χ1v) is 6.16. The van der Waals surface area contributed by atoms with Gasteiger partial charge in [-0.3, -0.25) is 4.79 Å². The van der Waals surface area contributed by atoms with E-state index in [0.29, 0.717) is 15.8 Å². The van der Waals surface area contributed by atoms with E-state index in [9.17, 15) is 9.18 Å². The van der Waals surface area contributed by atoms with E-state index in [2.05, 4.69) is 26.2 Å². The summed E-state index contributed by atoms with van der Waals surface area (Å²) >= 11 is 3.14. The van der Waals surface area contributed by atoms with Crippen molar-refractivity contribution < 1.29 is 13.9 Å². The second-order valence-electron chi connectivity index (χ2n) is 3.64. The number of nitrogens with one attached hydrogen (secondary N) is 1. The van der Waals surface area contributed by atoms with Crippen LogP contribution in [-0.4, -0.2) is 18.0 Å². The molecule has 0 saturated carbocycles. The van der Waals surface area contributed by atoms with Crippen LogP contribution in [0.5, 0.6) is 5.75 Å². The fourth-order valence-corrected chi connectivity index (χ4v) is 1.93. The Kier molecular flexibility index (Phi) is 4.11. The summed E-state index contributed by atoms with van der Waals surface area (Å²) in [6, 6.07) is 8.03. The normalized spacial score (nSPS) is 10.1. The van der Waals surface area contributed by atoms with Crippen LogP contribution in [0.15, 0.2) is 41.0 Å². The molecule has 1 aromatic carbocycles. The number of rotatable bonds is 3. The number of anilines is 1. The Labute approximate surface area is 117 Å². The smallest absolute Gasteiger partial charge is 0.260 e. The topological polar surface area (TPSA) is 51.2 Å². The average molecular weight is 325 g/mol. The molecule has 98 valence electrons. The van der Waals surface area contributed by atoms with E-state index in [1.807, 2.05) is 0 Å². The van der Waals surface area contributed by atoms with Crippen molar-refractivity contribution in [2.75, 3.05) is 12.4 Å². The maximum absolute atomic E-state index is 12.9. The molecule has 1 aromatic heterocycles. The number of halogens is 2. The molecule has 2 aromatic rings. The van der Waals surface area contributed by atoms with Crippen molar-refractivity contribution >= 4 is 27.7 Å². The number of carbonyl (C=O) groups excluding carboxylic acids is 1. The number of carbonyl (C=O) groups is 1. The van der Waals surface area contributed by atoms with Gasteiger partial charge in [0.05, 0.1) is 23.3 Å². The van der Waals surface area contributed by atoms with Crippen LogP contribution in [0.4, 0.5) is 10.2 Å². The highest BCUT2D eigenvalue weighted by Gasteiger charge is 2.13. The number of amides is 1. The quantitative estimate of drug-likeness (QED) is 0.942. The zero-order valence-electron chi connectivity index (χ0n) is 9.98.